The normalized spacial score (nSPS) is 16.0. The molecule has 0 saturated carbocycles. The summed E-state index contributed by atoms with van der Waals surface area (Å²) in [4.78, 5) is 23.4. The predicted octanol–water partition coefficient (Wildman–Crippen LogP) is 2.58. The van der Waals surface area contributed by atoms with Gasteiger partial charge >= 0.3 is 11.9 Å². The molecule has 0 aromatic rings. The first kappa shape index (κ1) is 13.7. The van der Waals surface area contributed by atoms with Crippen LogP contribution in [0.15, 0.2) is 11.3 Å². The van der Waals surface area contributed by atoms with Crippen LogP contribution >= 0.6 is 0 Å². The second kappa shape index (κ2) is 5.34. The Balaban J connectivity index is 2.77. The predicted molar refractivity (Wildman–Crippen MR) is 63.1 cm³/mol. The lowest BCUT2D eigenvalue weighted by atomic mass is 9.97. The van der Waals surface area contributed by atoms with Gasteiger partial charge in [0.25, 0.3) is 0 Å². The highest BCUT2D eigenvalue weighted by Crippen LogP contribution is 2.30. The van der Waals surface area contributed by atoms with Gasteiger partial charge in [-0.25, -0.2) is 4.79 Å². The lowest BCUT2D eigenvalue weighted by molar-refractivity contribution is -0.148. The molecule has 0 heterocycles. The quantitative estimate of drug-likeness (QED) is 0.711. The standard InChI is InChI=1S/C13H20O4/c1-5-16-11(14)9-7-6-8-10(9)17-12(15)13(2,3)4/h5-8H2,1-4H3. The van der Waals surface area contributed by atoms with Crippen LogP contribution in [0.5, 0.6) is 0 Å². The van der Waals surface area contributed by atoms with Gasteiger partial charge in [-0.3, -0.25) is 4.79 Å². The van der Waals surface area contributed by atoms with Crippen LogP contribution in [0.25, 0.3) is 0 Å². The monoisotopic (exact) mass is 240 g/mol. The van der Waals surface area contributed by atoms with E-state index in [1.165, 1.54) is 0 Å². The molecule has 1 aliphatic rings. The Morgan fingerprint density at radius 2 is 1.88 bits per heavy atom. The number of rotatable bonds is 3. The van der Waals surface area contributed by atoms with Gasteiger partial charge in [0.1, 0.15) is 5.76 Å². The van der Waals surface area contributed by atoms with Crippen LogP contribution in [0.2, 0.25) is 0 Å². The van der Waals surface area contributed by atoms with E-state index in [9.17, 15) is 9.59 Å². The van der Waals surface area contributed by atoms with Gasteiger partial charge < -0.3 is 9.47 Å². The molecule has 0 saturated heterocycles. The molecule has 0 aromatic heterocycles. The number of allylic oxidation sites excluding steroid dienone is 1. The summed E-state index contributed by atoms with van der Waals surface area (Å²) in [5.74, 6) is -0.179. The summed E-state index contributed by atoms with van der Waals surface area (Å²) >= 11 is 0. The summed E-state index contributed by atoms with van der Waals surface area (Å²) in [6.07, 6.45) is 2.10. The van der Waals surface area contributed by atoms with Crippen LogP contribution in [0.1, 0.15) is 47.0 Å². The largest absolute Gasteiger partial charge is 0.463 e. The molecule has 0 N–H and O–H groups in total. The van der Waals surface area contributed by atoms with E-state index in [1.54, 1.807) is 27.7 Å². The molecule has 4 nitrogen and oxygen atoms in total. The first-order valence-corrected chi connectivity index (χ1v) is 5.97. The lowest BCUT2D eigenvalue weighted by Crippen LogP contribution is -2.23. The third-order valence-electron chi connectivity index (χ3n) is 2.52. The molecule has 0 unspecified atom stereocenters. The van der Waals surface area contributed by atoms with Gasteiger partial charge in [0, 0.05) is 6.42 Å². The van der Waals surface area contributed by atoms with Crippen LogP contribution in [-0.2, 0) is 19.1 Å². The Morgan fingerprint density at radius 1 is 1.24 bits per heavy atom. The van der Waals surface area contributed by atoms with Gasteiger partial charge in [-0.15, -0.1) is 0 Å². The van der Waals surface area contributed by atoms with E-state index in [-0.39, 0.29) is 11.9 Å². The summed E-state index contributed by atoms with van der Waals surface area (Å²) < 4.78 is 10.2. The van der Waals surface area contributed by atoms with Crippen LogP contribution in [0.4, 0.5) is 0 Å². The Labute approximate surface area is 102 Å². The average molecular weight is 240 g/mol. The van der Waals surface area contributed by atoms with Crippen molar-refractivity contribution < 1.29 is 19.1 Å². The average Bonchev–Trinajstić information content (AvgIpc) is 2.64. The maximum absolute atomic E-state index is 11.7. The third kappa shape index (κ3) is 3.58. The zero-order valence-electron chi connectivity index (χ0n) is 11.0. The van der Waals surface area contributed by atoms with Crippen LogP contribution in [0, 0.1) is 5.41 Å². The molecule has 0 amide bonds. The van der Waals surface area contributed by atoms with Crippen molar-refractivity contribution in [2.75, 3.05) is 6.61 Å². The van der Waals surface area contributed by atoms with Crippen LogP contribution in [-0.4, -0.2) is 18.5 Å². The molecule has 0 spiro atoms. The highest BCUT2D eigenvalue weighted by atomic mass is 16.5. The van der Waals surface area contributed by atoms with E-state index >= 15 is 0 Å². The topological polar surface area (TPSA) is 52.6 Å². The number of esters is 2. The number of hydrogen-bond acceptors (Lipinski definition) is 4. The maximum Gasteiger partial charge on any atom is 0.337 e. The fourth-order valence-corrected chi connectivity index (χ4v) is 1.53. The van der Waals surface area contributed by atoms with E-state index < -0.39 is 5.41 Å². The van der Waals surface area contributed by atoms with E-state index in [0.29, 0.717) is 30.8 Å². The van der Waals surface area contributed by atoms with Gasteiger partial charge in [0.05, 0.1) is 17.6 Å². The maximum atomic E-state index is 11.7. The van der Waals surface area contributed by atoms with Gasteiger partial charge in [-0.05, 0) is 40.5 Å². The van der Waals surface area contributed by atoms with Crippen LogP contribution in [0.3, 0.4) is 0 Å². The molecule has 1 rings (SSSR count). The summed E-state index contributed by atoms with van der Waals surface area (Å²) in [7, 11) is 0. The highest BCUT2D eigenvalue weighted by Gasteiger charge is 2.29. The molecule has 0 fully saturated rings. The van der Waals surface area contributed by atoms with Gasteiger partial charge in [0.15, 0.2) is 0 Å². The molecule has 96 valence electrons. The number of carbonyl (C=O) groups is 2. The molecule has 0 atom stereocenters. The van der Waals surface area contributed by atoms with Crippen molar-refractivity contribution in [1.82, 2.24) is 0 Å². The summed E-state index contributed by atoms with van der Waals surface area (Å²) in [6, 6.07) is 0. The Kier molecular flexibility index (Phi) is 4.32. The molecule has 0 aromatic carbocycles. The number of ether oxygens (including phenoxy) is 2. The zero-order valence-corrected chi connectivity index (χ0v) is 11.0. The second-order valence-electron chi connectivity index (χ2n) is 5.12. The Morgan fingerprint density at radius 3 is 2.41 bits per heavy atom. The highest BCUT2D eigenvalue weighted by molar-refractivity contribution is 5.90. The van der Waals surface area contributed by atoms with Crippen molar-refractivity contribution in [3.8, 4) is 0 Å². The van der Waals surface area contributed by atoms with Gasteiger partial charge in [0.2, 0.25) is 0 Å². The van der Waals surface area contributed by atoms with Crippen molar-refractivity contribution in [3.05, 3.63) is 11.3 Å². The summed E-state index contributed by atoms with van der Waals surface area (Å²) in [5, 5.41) is 0. The molecule has 1 aliphatic carbocycles. The molecule has 0 bridgehead atoms. The van der Waals surface area contributed by atoms with Gasteiger partial charge in [-0.2, -0.15) is 0 Å². The first-order valence-electron chi connectivity index (χ1n) is 5.97. The van der Waals surface area contributed by atoms with Crippen molar-refractivity contribution >= 4 is 11.9 Å². The first-order chi connectivity index (χ1) is 7.86. The molecular formula is C13H20O4. The van der Waals surface area contributed by atoms with Gasteiger partial charge in [-0.1, -0.05) is 0 Å². The number of hydrogen-bond donors (Lipinski definition) is 0. The molecule has 0 radical (unpaired) electrons. The van der Waals surface area contributed by atoms with Crippen molar-refractivity contribution in [2.24, 2.45) is 5.41 Å². The molecule has 17 heavy (non-hydrogen) atoms. The van der Waals surface area contributed by atoms with Crippen molar-refractivity contribution in [3.63, 3.8) is 0 Å². The summed E-state index contributed by atoms with van der Waals surface area (Å²) in [5.41, 5.74) is -0.0421. The third-order valence-corrected chi connectivity index (χ3v) is 2.52. The summed E-state index contributed by atoms with van der Waals surface area (Å²) in [6.45, 7) is 7.45. The van der Waals surface area contributed by atoms with E-state index in [0.717, 1.165) is 6.42 Å². The molecule has 0 aliphatic heterocycles. The van der Waals surface area contributed by atoms with E-state index in [1.807, 2.05) is 0 Å². The fraction of sp³-hybridized carbons (Fsp3) is 0.692. The SMILES string of the molecule is CCOC(=O)C1=C(OC(=O)C(C)(C)C)CCC1. The minimum atomic E-state index is -0.560. The molecular weight excluding hydrogens is 220 g/mol. The smallest absolute Gasteiger partial charge is 0.337 e. The zero-order chi connectivity index (χ0) is 13.1. The minimum absolute atomic E-state index is 0.309. The minimum Gasteiger partial charge on any atom is -0.463 e. The van der Waals surface area contributed by atoms with Crippen molar-refractivity contribution in [2.45, 2.75) is 47.0 Å². The van der Waals surface area contributed by atoms with E-state index in [4.69, 9.17) is 9.47 Å². The van der Waals surface area contributed by atoms with Crippen LogP contribution < -0.4 is 0 Å². The number of carbonyl (C=O) groups excluding carboxylic acids is 2. The fourth-order valence-electron chi connectivity index (χ4n) is 1.53. The Bertz CT molecular complexity index is 347. The van der Waals surface area contributed by atoms with E-state index in [2.05, 4.69) is 0 Å². The van der Waals surface area contributed by atoms with Crippen molar-refractivity contribution in [1.29, 1.82) is 0 Å². The Hall–Kier alpha value is -1.32. The molecule has 4 heteroatoms. The second-order valence-corrected chi connectivity index (χ2v) is 5.12. The lowest BCUT2D eigenvalue weighted by Gasteiger charge is -2.17.